The van der Waals surface area contributed by atoms with Crippen LogP contribution in [0.25, 0.3) is 22.3 Å². The van der Waals surface area contributed by atoms with Gasteiger partial charge in [-0.3, -0.25) is 0 Å². The van der Waals surface area contributed by atoms with Crippen molar-refractivity contribution in [2.45, 2.75) is 0 Å². The Balaban J connectivity index is 2.01. The molecule has 110 valence electrons. The van der Waals surface area contributed by atoms with Crippen LogP contribution in [0.5, 0.6) is 5.75 Å². The average Bonchev–Trinajstić information content (AvgIpc) is 2.51. The molecule has 1 nitrogen and oxygen atoms in total. The Hall–Kier alpha value is -2.75. The summed E-state index contributed by atoms with van der Waals surface area (Å²) in [6.07, 6.45) is 0. The van der Waals surface area contributed by atoms with E-state index in [1.807, 2.05) is 0 Å². The number of phenols is 1. The molecule has 4 heteroatoms. The summed E-state index contributed by atoms with van der Waals surface area (Å²) in [4.78, 5) is 0. The van der Waals surface area contributed by atoms with E-state index in [9.17, 15) is 18.3 Å². The topological polar surface area (TPSA) is 20.2 Å². The Morgan fingerprint density at radius 1 is 0.545 bits per heavy atom. The van der Waals surface area contributed by atoms with Gasteiger partial charge < -0.3 is 5.11 Å². The maximum Gasteiger partial charge on any atom is 0.159 e. The van der Waals surface area contributed by atoms with Crippen molar-refractivity contribution in [3.8, 4) is 28.0 Å². The van der Waals surface area contributed by atoms with Crippen LogP contribution in [0.4, 0.5) is 13.2 Å². The van der Waals surface area contributed by atoms with Gasteiger partial charge in [0.15, 0.2) is 11.6 Å². The molecular formula is C18H11F3O. The van der Waals surface area contributed by atoms with Crippen LogP contribution in [0.15, 0.2) is 60.7 Å². The quantitative estimate of drug-likeness (QED) is 0.694. The molecule has 0 saturated heterocycles. The number of benzene rings is 3. The minimum atomic E-state index is -0.972. The molecule has 0 saturated carbocycles. The van der Waals surface area contributed by atoms with Gasteiger partial charge in [-0.2, -0.15) is 0 Å². The third-order valence-electron chi connectivity index (χ3n) is 3.40. The lowest BCUT2D eigenvalue weighted by atomic mass is 9.99. The molecule has 0 spiro atoms. The molecule has 0 fully saturated rings. The first kappa shape index (κ1) is 14.2. The van der Waals surface area contributed by atoms with Crippen molar-refractivity contribution in [3.05, 3.63) is 78.1 Å². The SMILES string of the molecule is Oc1ccc(-c2ccc(-c3ccc(F)c(F)c3)cc2F)cc1. The molecule has 1 N–H and O–H groups in total. The smallest absolute Gasteiger partial charge is 0.159 e. The van der Waals surface area contributed by atoms with Crippen molar-refractivity contribution in [1.82, 2.24) is 0 Å². The standard InChI is InChI=1S/C18H11F3O/c19-16-8-4-13(10-18(16)21)12-3-7-15(17(20)9-12)11-1-5-14(22)6-2-11/h1-10,22H. The third kappa shape index (κ3) is 2.68. The van der Waals surface area contributed by atoms with Crippen LogP contribution >= 0.6 is 0 Å². The summed E-state index contributed by atoms with van der Waals surface area (Å²) >= 11 is 0. The maximum atomic E-state index is 14.3. The number of rotatable bonds is 2. The summed E-state index contributed by atoms with van der Waals surface area (Å²) < 4.78 is 40.5. The fourth-order valence-electron chi connectivity index (χ4n) is 2.25. The molecule has 0 radical (unpaired) electrons. The van der Waals surface area contributed by atoms with Gasteiger partial charge in [-0.1, -0.05) is 30.3 Å². The Kier molecular flexibility index (Phi) is 3.59. The molecule has 3 rings (SSSR count). The molecule has 22 heavy (non-hydrogen) atoms. The molecule has 0 amide bonds. The molecule has 0 aliphatic heterocycles. The first-order valence-electron chi connectivity index (χ1n) is 6.59. The number of phenolic OH excluding ortho intramolecular Hbond substituents is 1. The van der Waals surface area contributed by atoms with E-state index in [-0.39, 0.29) is 5.75 Å². The molecule has 0 heterocycles. The lowest BCUT2D eigenvalue weighted by Gasteiger charge is -2.07. The molecule has 3 aromatic rings. The van der Waals surface area contributed by atoms with E-state index >= 15 is 0 Å². The van der Waals surface area contributed by atoms with Crippen LogP contribution < -0.4 is 0 Å². The van der Waals surface area contributed by atoms with Gasteiger partial charge in [-0.15, -0.1) is 0 Å². The molecule has 0 aliphatic rings. The van der Waals surface area contributed by atoms with Gasteiger partial charge in [0.1, 0.15) is 11.6 Å². The highest BCUT2D eigenvalue weighted by Gasteiger charge is 2.09. The molecular weight excluding hydrogens is 289 g/mol. The predicted octanol–water partition coefficient (Wildman–Crippen LogP) is 5.14. The summed E-state index contributed by atoms with van der Waals surface area (Å²) in [7, 11) is 0. The van der Waals surface area contributed by atoms with Gasteiger partial charge in [0, 0.05) is 5.56 Å². The molecule has 0 bridgehead atoms. The van der Waals surface area contributed by atoms with E-state index in [1.54, 1.807) is 24.3 Å². The monoisotopic (exact) mass is 300 g/mol. The number of hydrogen-bond donors (Lipinski definition) is 1. The van der Waals surface area contributed by atoms with Crippen LogP contribution in [-0.4, -0.2) is 5.11 Å². The fourth-order valence-corrected chi connectivity index (χ4v) is 2.25. The Bertz CT molecular complexity index is 826. The van der Waals surface area contributed by atoms with Gasteiger partial charge in [0.25, 0.3) is 0 Å². The summed E-state index contributed by atoms with van der Waals surface area (Å²) in [5.41, 5.74) is 1.84. The van der Waals surface area contributed by atoms with Gasteiger partial charge in [0.2, 0.25) is 0 Å². The summed E-state index contributed by atoms with van der Waals surface area (Å²) in [6, 6.07) is 14.1. The Morgan fingerprint density at radius 3 is 1.68 bits per heavy atom. The van der Waals surface area contributed by atoms with Crippen LogP contribution in [0.2, 0.25) is 0 Å². The van der Waals surface area contributed by atoms with E-state index in [1.165, 1.54) is 24.3 Å². The molecule has 0 unspecified atom stereocenters. The zero-order chi connectivity index (χ0) is 15.7. The van der Waals surface area contributed by atoms with Gasteiger partial charge >= 0.3 is 0 Å². The second-order valence-electron chi connectivity index (χ2n) is 4.87. The maximum absolute atomic E-state index is 14.3. The zero-order valence-electron chi connectivity index (χ0n) is 11.4. The predicted molar refractivity (Wildman–Crippen MR) is 78.9 cm³/mol. The second-order valence-corrected chi connectivity index (χ2v) is 4.87. The van der Waals surface area contributed by atoms with Crippen molar-refractivity contribution in [1.29, 1.82) is 0 Å². The normalized spacial score (nSPS) is 10.7. The third-order valence-corrected chi connectivity index (χ3v) is 3.40. The van der Waals surface area contributed by atoms with E-state index in [4.69, 9.17) is 0 Å². The van der Waals surface area contributed by atoms with Crippen LogP contribution in [0.3, 0.4) is 0 Å². The first-order valence-corrected chi connectivity index (χ1v) is 6.59. The first-order chi connectivity index (χ1) is 10.5. The Labute approximate surface area is 125 Å². The van der Waals surface area contributed by atoms with Crippen LogP contribution in [0, 0.1) is 17.5 Å². The van der Waals surface area contributed by atoms with Crippen molar-refractivity contribution < 1.29 is 18.3 Å². The second kappa shape index (κ2) is 5.56. The number of hydrogen-bond acceptors (Lipinski definition) is 1. The van der Waals surface area contributed by atoms with E-state index in [2.05, 4.69) is 0 Å². The zero-order valence-corrected chi connectivity index (χ0v) is 11.4. The summed E-state index contributed by atoms with van der Waals surface area (Å²) in [5, 5.41) is 9.25. The Morgan fingerprint density at radius 2 is 1.09 bits per heavy atom. The molecule has 0 atom stereocenters. The number of halogens is 3. The highest BCUT2D eigenvalue weighted by Crippen LogP contribution is 2.29. The minimum Gasteiger partial charge on any atom is -0.508 e. The summed E-state index contributed by atoms with van der Waals surface area (Å²) in [6.45, 7) is 0. The minimum absolute atomic E-state index is 0.0996. The molecule has 0 aliphatic carbocycles. The molecule has 3 aromatic carbocycles. The van der Waals surface area contributed by atoms with Gasteiger partial charge in [-0.05, 0) is 47.0 Å². The average molecular weight is 300 g/mol. The largest absolute Gasteiger partial charge is 0.508 e. The highest BCUT2D eigenvalue weighted by molar-refractivity contribution is 5.71. The summed E-state index contributed by atoms with van der Waals surface area (Å²) in [5.74, 6) is -2.29. The van der Waals surface area contributed by atoms with Crippen molar-refractivity contribution in [2.24, 2.45) is 0 Å². The van der Waals surface area contributed by atoms with E-state index in [0.717, 1.165) is 12.1 Å². The van der Waals surface area contributed by atoms with Crippen LogP contribution in [-0.2, 0) is 0 Å². The van der Waals surface area contributed by atoms with Crippen molar-refractivity contribution >= 4 is 0 Å². The van der Waals surface area contributed by atoms with Gasteiger partial charge in [0.05, 0.1) is 0 Å². The van der Waals surface area contributed by atoms with E-state index < -0.39 is 17.5 Å². The highest BCUT2D eigenvalue weighted by atomic mass is 19.2. The van der Waals surface area contributed by atoms with E-state index in [0.29, 0.717) is 22.3 Å². The fraction of sp³-hybridized carbons (Fsp3) is 0. The lowest BCUT2D eigenvalue weighted by Crippen LogP contribution is -1.89. The van der Waals surface area contributed by atoms with Crippen molar-refractivity contribution in [2.75, 3.05) is 0 Å². The lowest BCUT2D eigenvalue weighted by molar-refractivity contribution is 0.475. The van der Waals surface area contributed by atoms with Gasteiger partial charge in [-0.25, -0.2) is 13.2 Å². The number of aromatic hydroxyl groups is 1. The van der Waals surface area contributed by atoms with Crippen molar-refractivity contribution in [3.63, 3.8) is 0 Å². The molecule has 0 aromatic heterocycles. The van der Waals surface area contributed by atoms with Crippen LogP contribution in [0.1, 0.15) is 0 Å².